The van der Waals surface area contributed by atoms with Gasteiger partial charge in [0.1, 0.15) is 6.07 Å². The molecule has 1 aromatic rings. The van der Waals surface area contributed by atoms with Gasteiger partial charge in [0.2, 0.25) is 0 Å². The molecule has 0 aromatic heterocycles. The van der Waals surface area contributed by atoms with Gasteiger partial charge in [-0.1, -0.05) is 11.6 Å². The third-order valence-electron chi connectivity index (χ3n) is 1.05. The SMILES string of the molecule is N#Cc1cc(I)ccc1Cl. The standard InChI is InChI=1S/C7H3ClIN/c8-7-2-1-6(9)3-5(7)4-10/h1-3H. The molecular formula is C7H3ClIN. The first kappa shape index (κ1) is 7.83. The molecule has 0 aliphatic heterocycles. The van der Waals surface area contributed by atoms with Crippen molar-refractivity contribution >= 4 is 34.2 Å². The summed E-state index contributed by atoms with van der Waals surface area (Å²) in [6, 6.07) is 7.34. The second-order valence-electron chi connectivity index (χ2n) is 1.74. The Balaban J connectivity index is 3.25. The van der Waals surface area contributed by atoms with Crippen molar-refractivity contribution in [2.75, 3.05) is 0 Å². The first-order valence-corrected chi connectivity index (χ1v) is 4.05. The van der Waals surface area contributed by atoms with Crippen LogP contribution in [0.4, 0.5) is 0 Å². The molecule has 0 aliphatic carbocycles. The van der Waals surface area contributed by atoms with E-state index in [2.05, 4.69) is 22.6 Å². The number of halogens is 2. The highest BCUT2D eigenvalue weighted by Gasteiger charge is 1.97. The molecule has 0 saturated carbocycles. The van der Waals surface area contributed by atoms with E-state index in [0.29, 0.717) is 10.6 Å². The van der Waals surface area contributed by atoms with E-state index in [4.69, 9.17) is 16.9 Å². The zero-order chi connectivity index (χ0) is 7.56. The van der Waals surface area contributed by atoms with Gasteiger partial charge in [-0.15, -0.1) is 0 Å². The van der Waals surface area contributed by atoms with Gasteiger partial charge in [0.15, 0.2) is 0 Å². The van der Waals surface area contributed by atoms with Crippen LogP contribution in [-0.2, 0) is 0 Å². The van der Waals surface area contributed by atoms with Crippen LogP contribution in [0.1, 0.15) is 5.56 Å². The Morgan fingerprint density at radius 3 is 2.70 bits per heavy atom. The fraction of sp³-hybridized carbons (Fsp3) is 0. The Morgan fingerprint density at radius 2 is 2.20 bits per heavy atom. The lowest BCUT2D eigenvalue weighted by Crippen LogP contribution is -1.77. The number of benzene rings is 1. The maximum Gasteiger partial charge on any atom is 0.101 e. The molecule has 0 amide bonds. The van der Waals surface area contributed by atoms with Gasteiger partial charge < -0.3 is 0 Å². The molecule has 0 bridgehead atoms. The van der Waals surface area contributed by atoms with Crippen LogP contribution in [0.15, 0.2) is 18.2 Å². The van der Waals surface area contributed by atoms with Gasteiger partial charge >= 0.3 is 0 Å². The van der Waals surface area contributed by atoms with Crippen LogP contribution in [0.5, 0.6) is 0 Å². The van der Waals surface area contributed by atoms with E-state index in [-0.39, 0.29) is 0 Å². The summed E-state index contributed by atoms with van der Waals surface area (Å²) in [7, 11) is 0. The molecular weight excluding hydrogens is 260 g/mol. The van der Waals surface area contributed by atoms with Gasteiger partial charge in [-0.2, -0.15) is 5.26 Å². The highest BCUT2D eigenvalue weighted by atomic mass is 127. The smallest absolute Gasteiger partial charge is 0.101 e. The van der Waals surface area contributed by atoms with Crippen LogP contribution < -0.4 is 0 Å². The van der Waals surface area contributed by atoms with Crippen LogP contribution in [0.25, 0.3) is 0 Å². The molecule has 0 atom stereocenters. The highest BCUT2D eigenvalue weighted by molar-refractivity contribution is 14.1. The highest BCUT2D eigenvalue weighted by Crippen LogP contribution is 2.17. The van der Waals surface area contributed by atoms with Crippen molar-refractivity contribution in [3.05, 3.63) is 32.4 Å². The van der Waals surface area contributed by atoms with Crippen LogP contribution in [0.3, 0.4) is 0 Å². The van der Waals surface area contributed by atoms with E-state index in [1.165, 1.54) is 0 Å². The van der Waals surface area contributed by atoms with Crippen LogP contribution in [0, 0.1) is 14.9 Å². The van der Waals surface area contributed by atoms with E-state index in [0.717, 1.165) is 3.57 Å². The average molecular weight is 263 g/mol. The molecule has 0 heterocycles. The lowest BCUT2D eigenvalue weighted by molar-refractivity contribution is 1.47. The fourth-order valence-electron chi connectivity index (χ4n) is 0.583. The van der Waals surface area contributed by atoms with E-state index >= 15 is 0 Å². The van der Waals surface area contributed by atoms with E-state index in [9.17, 15) is 0 Å². The summed E-state index contributed by atoms with van der Waals surface area (Å²) >= 11 is 7.81. The molecule has 0 N–H and O–H groups in total. The van der Waals surface area contributed by atoms with E-state index < -0.39 is 0 Å². The Kier molecular flexibility index (Phi) is 2.52. The molecule has 1 nitrogen and oxygen atoms in total. The van der Waals surface area contributed by atoms with Crippen molar-refractivity contribution in [1.29, 1.82) is 5.26 Å². The summed E-state index contributed by atoms with van der Waals surface area (Å²) in [4.78, 5) is 0. The minimum Gasteiger partial charge on any atom is -0.192 e. The second-order valence-corrected chi connectivity index (χ2v) is 3.39. The molecule has 1 rings (SSSR count). The zero-order valence-electron chi connectivity index (χ0n) is 4.94. The van der Waals surface area contributed by atoms with Gasteiger partial charge in [-0.05, 0) is 40.8 Å². The van der Waals surface area contributed by atoms with Gasteiger partial charge in [0.05, 0.1) is 10.6 Å². The summed E-state index contributed by atoms with van der Waals surface area (Å²) in [5, 5.41) is 9.02. The fourth-order valence-corrected chi connectivity index (χ4v) is 1.23. The third kappa shape index (κ3) is 1.61. The van der Waals surface area contributed by atoms with Crippen LogP contribution in [0.2, 0.25) is 5.02 Å². The van der Waals surface area contributed by atoms with Crippen molar-refractivity contribution in [3.8, 4) is 6.07 Å². The molecule has 1 aromatic carbocycles. The van der Waals surface area contributed by atoms with Crippen molar-refractivity contribution in [2.45, 2.75) is 0 Å². The Labute approximate surface area is 77.8 Å². The summed E-state index contributed by atoms with van der Waals surface area (Å²) in [6.45, 7) is 0. The van der Waals surface area contributed by atoms with E-state index in [1.54, 1.807) is 12.1 Å². The Morgan fingerprint density at radius 1 is 1.50 bits per heavy atom. The molecule has 0 spiro atoms. The summed E-state index contributed by atoms with van der Waals surface area (Å²) in [6.07, 6.45) is 0. The molecule has 0 radical (unpaired) electrons. The monoisotopic (exact) mass is 263 g/mol. The van der Waals surface area contributed by atoms with Crippen molar-refractivity contribution in [3.63, 3.8) is 0 Å². The molecule has 3 heteroatoms. The zero-order valence-corrected chi connectivity index (χ0v) is 7.85. The van der Waals surface area contributed by atoms with Gasteiger partial charge in [-0.3, -0.25) is 0 Å². The van der Waals surface area contributed by atoms with Crippen molar-refractivity contribution < 1.29 is 0 Å². The normalized spacial score (nSPS) is 8.90. The molecule has 0 saturated heterocycles. The second kappa shape index (κ2) is 3.22. The summed E-state index contributed by atoms with van der Waals surface area (Å²) < 4.78 is 1.03. The topological polar surface area (TPSA) is 23.8 Å². The van der Waals surface area contributed by atoms with Crippen LogP contribution in [-0.4, -0.2) is 0 Å². The lowest BCUT2D eigenvalue weighted by atomic mass is 10.2. The van der Waals surface area contributed by atoms with Crippen molar-refractivity contribution in [2.24, 2.45) is 0 Å². The number of nitriles is 1. The summed E-state index contributed by atoms with van der Waals surface area (Å²) in [5.74, 6) is 0. The third-order valence-corrected chi connectivity index (χ3v) is 2.05. The van der Waals surface area contributed by atoms with Gasteiger partial charge in [0.25, 0.3) is 0 Å². The van der Waals surface area contributed by atoms with Gasteiger partial charge in [-0.25, -0.2) is 0 Å². The maximum atomic E-state index is 8.51. The molecule has 0 aliphatic rings. The molecule has 10 heavy (non-hydrogen) atoms. The first-order valence-electron chi connectivity index (χ1n) is 2.59. The lowest BCUT2D eigenvalue weighted by Gasteiger charge is -1.92. The van der Waals surface area contributed by atoms with E-state index in [1.807, 2.05) is 12.1 Å². The minimum atomic E-state index is 0.517. The van der Waals surface area contributed by atoms with Crippen molar-refractivity contribution in [1.82, 2.24) is 0 Å². The van der Waals surface area contributed by atoms with Crippen LogP contribution >= 0.6 is 34.2 Å². The predicted molar refractivity (Wildman–Crippen MR) is 48.9 cm³/mol. The molecule has 0 unspecified atom stereocenters. The van der Waals surface area contributed by atoms with Gasteiger partial charge in [0, 0.05) is 3.57 Å². The quantitative estimate of drug-likeness (QED) is 0.660. The number of nitrogens with zero attached hydrogens (tertiary/aromatic N) is 1. The average Bonchev–Trinajstić information content (AvgIpc) is 1.94. The number of hydrogen-bond donors (Lipinski definition) is 0. The first-order chi connectivity index (χ1) is 4.74. The summed E-state index contributed by atoms with van der Waals surface area (Å²) in [5.41, 5.74) is 0.536. The predicted octanol–water partition coefficient (Wildman–Crippen LogP) is 2.82. The minimum absolute atomic E-state index is 0.517. The Bertz CT molecular complexity index is 290. The number of hydrogen-bond acceptors (Lipinski definition) is 1. The number of rotatable bonds is 0. The molecule has 50 valence electrons. The molecule has 0 fully saturated rings. The Hall–Kier alpha value is -0.270. The largest absolute Gasteiger partial charge is 0.192 e. The maximum absolute atomic E-state index is 8.51.